The molecule has 0 fully saturated rings. The summed E-state index contributed by atoms with van der Waals surface area (Å²) in [6.45, 7) is 4.34. The Labute approximate surface area is 176 Å². The Bertz CT molecular complexity index is 1010. The van der Waals surface area contributed by atoms with Crippen molar-refractivity contribution in [1.29, 1.82) is 0 Å². The van der Waals surface area contributed by atoms with Crippen LogP contribution in [0.15, 0.2) is 79.4 Å². The van der Waals surface area contributed by atoms with Crippen LogP contribution in [0.3, 0.4) is 0 Å². The second-order valence-corrected chi connectivity index (χ2v) is 7.08. The Morgan fingerprint density at radius 1 is 0.897 bits per heavy atom. The molecule has 3 heteroatoms. The molecule has 0 amide bonds. The summed E-state index contributed by atoms with van der Waals surface area (Å²) in [5.41, 5.74) is 3.70. The van der Waals surface area contributed by atoms with Crippen LogP contribution in [-0.4, -0.2) is 6.61 Å². The van der Waals surface area contributed by atoms with Crippen molar-refractivity contribution in [1.82, 2.24) is 0 Å². The molecule has 29 heavy (non-hydrogen) atoms. The zero-order valence-electron chi connectivity index (χ0n) is 16.1. The summed E-state index contributed by atoms with van der Waals surface area (Å²) >= 11 is 5.76. The lowest BCUT2D eigenvalue weighted by atomic mass is 10.0. The number of halogens is 2. The Kier molecular flexibility index (Phi) is 7.50. The van der Waals surface area contributed by atoms with Crippen LogP contribution in [0.4, 0.5) is 4.39 Å². The smallest absolute Gasteiger partial charge is 0.140 e. The van der Waals surface area contributed by atoms with Crippen LogP contribution < -0.4 is 4.74 Å². The number of benzene rings is 3. The van der Waals surface area contributed by atoms with E-state index in [9.17, 15) is 4.39 Å². The van der Waals surface area contributed by atoms with Crippen LogP contribution >= 0.6 is 11.6 Å². The Hall–Kier alpha value is -3.02. The first-order valence-corrected chi connectivity index (χ1v) is 9.90. The molecule has 1 nitrogen and oxygen atoms in total. The summed E-state index contributed by atoms with van der Waals surface area (Å²) < 4.78 is 19.4. The molecular formula is C26H22ClFO. The Balaban J connectivity index is 1.54. The molecule has 146 valence electrons. The van der Waals surface area contributed by atoms with Crippen molar-refractivity contribution in [2.24, 2.45) is 0 Å². The van der Waals surface area contributed by atoms with Gasteiger partial charge in [-0.05, 0) is 72.9 Å². The predicted octanol–water partition coefficient (Wildman–Crippen LogP) is 6.62. The van der Waals surface area contributed by atoms with E-state index in [2.05, 4.69) is 42.7 Å². The molecule has 0 aliphatic rings. The SMILES string of the molecule is C=CCCOc1ccc(CCc2ccc(C#Cc3ccc(Cl)cc3F)cc2)cc1. The number of rotatable bonds is 7. The quantitative estimate of drug-likeness (QED) is 0.244. The summed E-state index contributed by atoms with van der Waals surface area (Å²) in [5, 5.41) is 0.368. The van der Waals surface area contributed by atoms with Gasteiger partial charge in [-0.3, -0.25) is 0 Å². The maximum absolute atomic E-state index is 13.8. The van der Waals surface area contributed by atoms with Crippen molar-refractivity contribution in [3.8, 4) is 17.6 Å². The zero-order chi connectivity index (χ0) is 20.5. The summed E-state index contributed by atoms with van der Waals surface area (Å²) in [6, 6.07) is 20.8. The van der Waals surface area contributed by atoms with E-state index in [0.717, 1.165) is 30.6 Å². The van der Waals surface area contributed by atoms with Gasteiger partial charge in [0, 0.05) is 10.6 Å². The minimum Gasteiger partial charge on any atom is -0.493 e. The lowest BCUT2D eigenvalue weighted by molar-refractivity contribution is 0.325. The lowest BCUT2D eigenvalue weighted by Crippen LogP contribution is -1.96. The summed E-state index contributed by atoms with van der Waals surface area (Å²) in [6.07, 6.45) is 4.59. The van der Waals surface area contributed by atoms with Gasteiger partial charge in [0.25, 0.3) is 0 Å². The average molecular weight is 405 g/mol. The van der Waals surface area contributed by atoms with Crippen molar-refractivity contribution in [3.05, 3.63) is 112 Å². The van der Waals surface area contributed by atoms with E-state index in [1.54, 1.807) is 12.1 Å². The van der Waals surface area contributed by atoms with Crippen molar-refractivity contribution < 1.29 is 9.13 Å². The summed E-state index contributed by atoms with van der Waals surface area (Å²) in [7, 11) is 0. The number of hydrogen-bond acceptors (Lipinski definition) is 1. The molecule has 0 bridgehead atoms. The normalized spacial score (nSPS) is 10.1. The maximum atomic E-state index is 13.8. The third kappa shape index (κ3) is 6.52. The largest absolute Gasteiger partial charge is 0.493 e. The van der Waals surface area contributed by atoms with Gasteiger partial charge >= 0.3 is 0 Å². The molecule has 3 rings (SSSR count). The van der Waals surface area contributed by atoms with E-state index in [4.69, 9.17) is 16.3 Å². The van der Waals surface area contributed by atoms with Crippen LogP contribution in [0.1, 0.15) is 28.7 Å². The van der Waals surface area contributed by atoms with Crippen molar-refractivity contribution in [2.45, 2.75) is 19.3 Å². The number of aryl methyl sites for hydroxylation is 2. The van der Waals surface area contributed by atoms with Crippen LogP contribution in [0.2, 0.25) is 5.02 Å². The molecule has 0 N–H and O–H groups in total. The van der Waals surface area contributed by atoms with Gasteiger partial charge in [-0.25, -0.2) is 4.39 Å². The first-order valence-electron chi connectivity index (χ1n) is 9.53. The van der Waals surface area contributed by atoms with E-state index >= 15 is 0 Å². The van der Waals surface area contributed by atoms with Crippen LogP contribution in [0.25, 0.3) is 0 Å². The summed E-state index contributed by atoms with van der Waals surface area (Å²) in [4.78, 5) is 0. The lowest BCUT2D eigenvalue weighted by Gasteiger charge is -2.06. The average Bonchev–Trinajstić information content (AvgIpc) is 2.73. The topological polar surface area (TPSA) is 9.23 Å². The number of ether oxygens (including phenoxy) is 1. The molecule has 0 radical (unpaired) electrons. The van der Waals surface area contributed by atoms with E-state index in [-0.39, 0.29) is 0 Å². The highest BCUT2D eigenvalue weighted by atomic mass is 35.5. The van der Waals surface area contributed by atoms with Gasteiger partial charge in [0.1, 0.15) is 11.6 Å². The third-order valence-electron chi connectivity index (χ3n) is 4.44. The first kappa shape index (κ1) is 20.7. The fourth-order valence-electron chi connectivity index (χ4n) is 2.79. The molecule has 3 aromatic rings. The molecule has 0 saturated heterocycles. The van der Waals surface area contributed by atoms with Crippen molar-refractivity contribution >= 4 is 11.6 Å². The minimum atomic E-state index is -0.404. The summed E-state index contributed by atoms with van der Waals surface area (Å²) in [5.74, 6) is 6.33. The van der Waals surface area contributed by atoms with Crippen molar-refractivity contribution in [3.63, 3.8) is 0 Å². The molecule has 0 spiro atoms. The molecule has 0 saturated carbocycles. The highest BCUT2D eigenvalue weighted by Gasteiger charge is 2.00. The molecule has 0 aliphatic heterocycles. The molecule has 0 heterocycles. The van der Waals surface area contributed by atoms with Crippen molar-refractivity contribution in [2.75, 3.05) is 6.61 Å². The monoisotopic (exact) mass is 404 g/mol. The molecule has 0 aliphatic carbocycles. The minimum absolute atomic E-state index is 0.343. The maximum Gasteiger partial charge on any atom is 0.140 e. The standard InChI is InChI=1S/C26H22ClFO/c1-2-3-18-29-25-16-11-22(12-17-25)9-6-20-4-7-21(8-5-20)10-13-23-14-15-24(27)19-26(23)28/h2,4-5,7-8,11-12,14-17,19H,1,3,6,9,18H2. The van der Waals surface area contributed by atoms with Gasteiger partial charge in [-0.2, -0.15) is 0 Å². The molecule has 0 aromatic heterocycles. The third-order valence-corrected chi connectivity index (χ3v) is 4.68. The van der Waals surface area contributed by atoms with E-state index < -0.39 is 5.82 Å². The van der Waals surface area contributed by atoms with Crippen LogP contribution in [0, 0.1) is 17.7 Å². The van der Waals surface area contributed by atoms with Gasteiger partial charge in [0.2, 0.25) is 0 Å². The van der Waals surface area contributed by atoms with Gasteiger partial charge in [0.15, 0.2) is 0 Å². The van der Waals surface area contributed by atoms with Gasteiger partial charge in [0.05, 0.1) is 12.2 Å². The second-order valence-electron chi connectivity index (χ2n) is 6.64. The van der Waals surface area contributed by atoms with Crippen LogP contribution in [-0.2, 0) is 12.8 Å². The molecule has 3 aromatic carbocycles. The molecular weight excluding hydrogens is 383 g/mol. The second kappa shape index (κ2) is 10.5. The Morgan fingerprint density at radius 2 is 1.55 bits per heavy atom. The highest BCUT2D eigenvalue weighted by Crippen LogP contribution is 2.16. The van der Waals surface area contributed by atoms with Crippen LogP contribution in [0.5, 0.6) is 5.75 Å². The predicted molar refractivity (Wildman–Crippen MR) is 118 cm³/mol. The van der Waals surface area contributed by atoms with Gasteiger partial charge < -0.3 is 4.74 Å². The molecule has 0 atom stereocenters. The number of hydrogen-bond donors (Lipinski definition) is 0. The first-order chi connectivity index (χ1) is 14.1. The fourth-order valence-corrected chi connectivity index (χ4v) is 2.95. The zero-order valence-corrected chi connectivity index (χ0v) is 16.9. The Morgan fingerprint density at radius 3 is 2.17 bits per heavy atom. The fraction of sp³-hybridized carbons (Fsp3) is 0.154. The van der Waals surface area contributed by atoms with E-state index in [1.807, 2.05) is 30.3 Å². The molecule has 0 unspecified atom stereocenters. The van der Waals surface area contributed by atoms with Gasteiger partial charge in [-0.1, -0.05) is 53.8 Å². The van der Waals surface area contributed by atoms with E-state index in [0.29, 0.717) is 17.2 Å². The van der Waals surface area contributed by atoms with E-state index in [1.165, 1.54) is 17.2 Å². The van der Waals surface area contributed by atoms with Gasteiger partial charge in [-0.15, -0.1) is 6.58 Å². The highest BCUT2D eigenvalue weighted by molar-refractivity contribution is 6.30.